The van der Waals surface area contributed by atoms with Crippen LogP contribution in [0.3, 0.4) is 0 Å². The molecule has 194 valence electrons. The average Bonchev–Trinajstić information content (AvgIpc) is 3.28. The second-order valence-electron chi connectivity index (χ2n) is 9.25. The molecule has 9 nitrogen and oxygen atoms in total. The van der Waals surface area contributed by atoms with Crippen LogP contribution < -0.4 is 10.6 Å². The predicted octanol–water partition coefficient (Wildman–Crippen LogP) is 3.89. The number of rotatable bonds is 11. The standard InChI is InChI=1S/C28H35N7O2/c1-2-22-23(6-3-10-29-22)32-19-21-8-9-24-26(18-21)35(20-25-27(36)7-4-11-30-25)28(33-24)31-12-5-13-34-14-16-37-17-15-34/h3-4,6-11,18,32,36H,2,5,12-17,19-20H2,1H3,(H,31,33). The third kappa shape index (κ3) is 6.18. The van der Waals surface area contributed by atoms with Gasteiger partial charge in [0.2, 0.25) is 5.95 Å². The highest BCUT2D eigenvalue weighted by atomic mass is 16.5. The van der Waals surface area contributed by atoms with Crippen LogP contribution in [0.5, 0.6) is 5.75 Å². The number of anilines is 2. The Hall–Kier alpha value is -3.69. The van der Waals surface area contributed by atoms with Crippen molar-refractivity contribution in [2.24, 2.45) is 0 Å². The first-order chi connectivity index (χ1) is 18.2. The number of nitrogens with zero attached hydrogens (tertiary/aromatic N) is 5. The molecule has 4 heterocycles. The summed E-state index contributed by atoms with van der Waals surface area (Å²) in [5.41, 5.74) is 5.78. The van der Waals surface area contributed by atoms with Crippen LogP contribution in [-0.4, -0.2) is 68.9 Å². The molecule has 9 heteroatoms. The van der Waals surface area contributed by atoms with E-state index in [1.165, 1.54) is 0 Å². The quantitative estimate of drug-likeness (QED) is 0.266. The summed E-state index contributed by atoms with van der Waals surface area (Å²) < 4.78 is 7.56. The van der Waals surface area contributed by atoms with Crippen LogP contribution in [-0.2, 0) is 24.2 Å². The summed E-state index contributed by atoms with van der Waals surface area (Å²) in [4.78, 5) is 16.2. The molecular weight excluding hydrogens is 466 g/mol. The van der Waals surface area contributed by atoms with Crippen LogP contribution in [0.25, 0.3) is 11.0 Å². The molecule has 5 rings (SSSR count). The number of fused-ring (bicyclic) bond motifs is 1. The van der Waals surface area contributed by atoms with Gasteiger partial charge in [-0.3, -0.25) is 14.9 Å². The Morgan fingerprint density at radius 2 is 1.81 bits per heavy atom. The molecule has 0 aliphatic carbocycles. The Labute approximate surface area is 217 Å². The zero-order chi connectivity index (χ0) is 25.5. The van der Waals surface area contributed by atoms with E-state index < -0.39 is 0 Å². The topological polar surface area (TPSA) is 100 Å². The Morgan fingerprint density at radius 3 is 2.62 bits per heavy atom. The maximum atomic E-state index is 10.4. The number of pyridine rings is 2. The molecule has 0 spiro atoms. The molecule has 0 bridgehead atoms. The zero-order valence-electron chi connectivity index (χ0n) is 21.4. The lowest BCUT2D eigenvalue weighted by Gasteiger charge is -2.26. The van der Waals surface area contributed by atoms with E-state index in [1.807, 2.05) is 12.3 Å². The van der Waals surface area contributed by atoms with Crippen LogP contribution in [0.1, 0.15) is 30.3 Å². The van der Waals surface area contributed by atoms with E-state index in [0.29, 0.717) is 18.8 Å². The first-order valence-corrected chi connectivity index (χ1v) is 13.0. The molecular formula is C28H35N7O2. The van der Waals surface area contributed by atoms with E-state index in [9.17, 15) is 5.11 Å². The van der Waals surface area contributed by atoms with Gasteiger partial charge >= 0.3 is 0 Å². The summed E-state index contributed by atoms with van der Waals surface area (Å²) in [6.07, 6.45) is 5.43. The first-order valence-electron chi connectivity index (χ1n) is 13.0. The highest BCUT2D eigenvalue weighted by Crippen LogP contribution is 2.25. The maximum absolute atomic E-state index is 10.4. The largest absolute Gasteiger partial charge is 0.506 e. The van der Waals surface area contributed by atoms with E-state index in [2.05, 4.69) is 61.3 Å². The number of hydrogen-bond donors (Lipinski definition) is 3. The molecule has 1 aromatic carbocycles. The van der Waals surface area contributed by atoms with E-state index in [4.69, 9.17) is 9.72 Å². The van der Waals surface area contributed by atoms with Crippen LogP contribution in [0.15, 0.2) is 54.9 Å². The van der Waals surface area contributed by atoms with Gasteiger partial charge in [-0.25, -0.2) is 4.98 Å². The van der Waals surface area contributed by atoms with Gasteiger partial charge in [-0.05, 0) is 61.3 Å². The second kappa shape index (κ2) is 12.0. The molecule has 1 saturated heterocycles. The normalized spacial score (nSPS) is 14.2. The van der Waals surface area contributed by atoms with Gasteiger partial charge < -0.3 is 25.0 Å². The van der Waals surface area contributed by atoms with Crippen molar-refractivity contribution in [1.29, 1.82) is 0 Å². The van der Waals surface area contributed by atoms with Gasteiger partial charge in [-0.1, -0.05) is 13.0 Å². The Kier molecular flexibility index (Phi) is 8.12. The SMILES string of the molecule is CCc1ncccc1NCc1ccc2nc(NCCCN3CCOCC3)n(Cc3ncccc3O)c2c1. The van der Waals surface area contributed by atoms with Crippen molar-refractivity contribution in [2.45, 2.75) is 32.9 Å². The van der Waals surface area contributed by atoms with Crippen LogP contribution >= 0.6 is 0 Å². The fourth-order valence-electron chi connectivity index (χ4n) is 4.68. The number of aromatic hydroxyl groups is 1. The number of nitrogens with one attached hydrogen (secondary N) is 2. The first kappa shape index (κ1) is 25.0. The molecule has 3 N–H and O–H groups in total. The van der Waals surface area contributed by atoms with Gasteiger partial charge in [0, 0.05) is 38.6 Å². The van der Waals surface area contributed by atoms with Crippen molar-refractivity contribution < 1.29 is 9.84 Å². The van der Waals surface area contributed by atoms with Crippen LogP contribution in [0, 0.1) is 0 Å². The maximum Gasteiger partial charge on any atom is 0.204 e. The minimum atomic E-state index is 0.184. The van der Waals surface area contributed by atoms with Crippen molar-refractivity contribution in [3.05, 3.63) is 71.8 Å². The lowest BCUT2D eigenvalue weighted by atomic mass is 10.1. The number of hydrogen-bond acceptors (Lipinski definition) is 8. The summed E-state index contributed by atoms with van der Waals surface area (Å²) in [6.45, 7) is 8.67. The molecule has 4 aromatic rings. The highest BCUT2D eigenvalue weighted by molar-refractivity contribution is 5.80. The third-order valence-corrected chi connectivity index (χ3v) is 6.73. The minimum absolute atomic E-state index is 0.184. The van der Waals surface area contributed by atoms with Gasteiger partial charge in [-0.15, -0.1) is 0 Å². The summed E-state index contributed by atoms with van der Waals surface area (Å²) in [5.74, 6) is 0.969. The number of aryl methyl sites for hydroxylation is 1. The number of imidazole rings is 1. The number of morpholine rings is 1. The van der Waals surface area contributed by atoms with Crippen molar-refractivity contribution in [1.82, 2.24) is 24.4 Å². The van der Waals surface area contributed by atoms with Gasteiger partial charge in [0.15, 0.2) is 0 Å². The summed E-state index contributed by atoms with van der Waals surface area (Å²) in [6, 6.07) is 13.8. The van der Waals surface area contributed by atoms with Crippen molar-refractivity contribution in [2.75, 3.05) is 50.0 Å². The Morgan fingerprint density at radius 1 is 1.00 bits per heavy atom. The molecule has 1 aliphatic rings. The zero-order valence-corrected chi connectivity index (χ0v) is 21.4. The van der Waals surface area contributed by atoms with E-state index >= 15 is 0 Å². The van der Waals surface area contributed by atoms with Crippen LogP contribution in [0.2, 0.25) is 0 Å². The molecule has 0 radical (unpaired) electrons. The highest BCUT2D eigenvalue weighted by Gasteiger charge is 2.15. The predicted molar refractivity (Wildman–Crippen MR) is 146 cm³/mol. The smallest absolute Gasteiger partial charge is 0.204 e. The number of ether oxygens (including phenoxy) is 1. The third-order valence-electron chi connectivity index (χ3n) is 6.73. The fraction of sp³-hybridized carbons (Fsp3) is 0.393. The molecule has 1 aliphatic heterocycles. The molecule has 0 unspecified atom stereocenters. The molecule has 1 fully saturated rings. The van der Waals surface area contributed by atoms with Crippen LogP contribution in [0.4, 0.5) is 11.6 Å². The minimum Gasteiger partial charge on any atom is -0.506 e. The lowest BCUT2D eigenvalue weighted by molar-refractivity contribution is 0.0378. The molecule has 0 saturated carbocycles. The molecule has 0 amide bonds. The summed E-state index contributed by atoms with van der Waals surface area (Å²) in [5, 5.41) is 17.5. The molecule has 0 atom stereocenters. The average molecular weight is 502 g/mol. The van der Waals surface area contributed by atoms with Gasteiger partial charge in [0.1, 0.15) is 11.4 Å². The van der Waals surface area contributed by atoms with E-state index in [1.54, 1.807) is 18.3 Å². The second-order valence-corrected chi connectivity index (χ2v) is 9.25. The van der Waals surface area contributed by atoms with Gasteiger partial charge in [-0.2, -0.15) is 0 Å². The van der Waals surface area contributed by atoms with E-state index in [0.717, 1.165) is 86.2 Å². The fourth-order valence-corrected chi connectivity index (χ4v) is 4.68. The van der Waals surface area contributed by atoms with Crippen molar-refractivity contribution >= 4 is 22.7 Å². The summed E-state index contributed by atoms with van der Waals surface area (Å²) in [7, 11) is 0. The Balaban J connectivity index is 1.35. The van der Waals surface area contributed by atoms with Crippen molar-refractivity contribution in [3.8, 4) is 5.75 Å². The number of benzene rings is 1. The monoisotopic (exact) mass is 501 g/mol. The molecule has 37 heavy (non-hydrogen) atoms. The lowest BCUT2D eigenvalue weighted by Crippen LogP contribution is -2.37. The van der Waals surface area contributed by atoms with E-state index in [-0.39, 0.29) is 5.75 Å². The van der Waals surface area contributed by atoms with Gasteiger partial charge in [0.25, 0.3) is 0 Å². The Bertz CT molecular complexity index is 1320. The van der Waals surface area contributed by atoms with Crippen molar-refractivity contribution in [3.63, 3.8) is 0 Å². The van der Waals surface area contributed by atoms with Gasteiger partial charge in [0.05, 0.1) is 42.2 Å². The molecule has 3 aromatic heterocycles. The summed E-state index contributed by atoms with van der Waals surface area (Å²) >= 11 is 0. The number of aromatic nitrogens is 4.